The third-order valence-electron chi connectivity index (χ3n) is 4.49. The van der Waals surface area contributed by atoms with Gasteiger partial charge in [0.2, 0.25) is 0 Å². The maximum absolute atomic E-state index is 12.5. The molecular formula is C20H14ClN3O3S. The van der Waals surface area contributed by atoms with Crippen molar-refractivity contribution in [3.05, 3.63) is 58.7 Å². The van der Waals surface area contributed by atoms with E-state index in [4.69, 9.17) is 20.9 Å². The van der Waals surface area contributed by atoms with Gasteiger partial charge in [0.15, 0.2) is 16.6 Å². The molecule has 5 rings (SSSR count). The molecule has 0 saturated heterocycles. The van der Waals surface area contributed by atoms with Gasteiger partial charge in [0.05, 0.1) is 10.2 Å². The van der Waals surface area contributed by atoms with Crippen LogP contribution in [-0.2, 0) is 6.42 Å². The van der Waals surface area contributed by atoms with Gasteiger partial charge in [-0.25, -0.2) is 4.98 Å². The van der Waals surface area contributed by atoms with Gasteiger partial charge in [-0.2, -0.15) is 0 Å². The van der Waals surface area contributed by atoms with Crippen LogP contribution >= 0.6 is 22.9 Å². The zero-order valence-corrected chi connectivity index (χ0v) is 16.3. The number of benzene rings is 2. The topological polar surface area (TPSA) is 77.3 Å². The van der Waals surface area contributed by atoms with Crippen molar-refractivity contribution in [2.45, 2.75) is 19.4 Å². The SMILES string of the molecule is CC1Cc2cc(-c3cc(C(=O)Nc4nc5ccc(Cl)cc5s4)no3)ccc2O1. The van der Waals surface area contributed by atoms with Gasteiger partial charge in [0, 0.05) is 23.1 Å². The summed E-state index contributed by atoms with van der Waals surface area (Å²) >= 11 is 7.35. The molecule has 1 unspecified atom stereocenters. The highest BCUT2D eigenvalue weighted by atomic mass is 35.5. The normalized spacial score (nSPS) is 15.4. The third-order valence-corrected chi connectivity index (χ3v) is 5.66. The number of aromatic nitrogens is 2. The summed E-state index contributed by atoms with van der Waals surface area (Å²) in [7, 11) is 0. The van der Waals surface area contributed by atoms with Crippen LogP contribution < -0.4 is 10.1 Å². The Hall–Kier alpha value is -2.90. The van der Waals surface area contributed by atoms with Crippen LogP contribution in [0.15, 0.2) is 47.0 Å². The molecule has 3 heterocycles. The first kappa shape index (κ1) is 17.2. The van der Waals surface area contributed by atoms with E-state index in [1.165, 1.54) is 11.3 Å². The van der Waals surface area contributed by atoms with Crippen LogP contribution in [0.3, 0.4) is 0 Å². The lowest BCUT2D eigenvalue weighted by Gasteiger charge is -2.02. The van der Waals surface area contributed by atoms with Gasteiger partial charge in [-0.1, -0.05) is 28.1 Å². The van der Waals surface area contributed by atoms with Gasteiger partial charge < -0.3 is 9.26 Å². The molecule has 0 spiro atoms. The summed E-state index contributed by atoms with van der Waals surface area (Å²) in [6.45, 7) is 2.03. The van der Waals surface area contributed by atoms with Gasteiger partial charge in [-0.3, -0.25) is 10.1 Å². The van der Waals surface area contributed by atoms with Crippen molar-refractivity contribution in [2.75, 3.05) is 5.32 Å². The fourth-order valence-corrected chi connectivity index (χ4v) is 4.34. The number of rotatable bonds is 3. The lowest BCUT2D eigenvalue weighted by atomic mass is 10.1. The Labute approximate surface area is 169 Å². The monoisotopic (exact) mass is 411 g/mol. The molecule has 4 aromatic rings. The quantitative estimate of drug-likeness (QED) is 0.502. The van der Waals surface area contributed by atoms with E-state index in [-0.39, 0.29) is 17.7 Å². The summed E-state index contributed by atoms with van der Waals surface area (Å²) in [5.74, 6) is 1.05. The first-order valence-electron chi connectivity index (χ1n) is 8.69. The van der Waals surface area contributed by atoms with Crippen molar-refractivity contribution in [1.82, 2.24) is 10.1 Å². The maximum atomic E-state index is 12.5. The molecule has 1 aliphatic heterocycles. The van der Waals surface area contributed by atoms with Gasteiger partial charge in [0.25, 0.3) is 5.91 Å². The Morgan fingerprint density at radius 3 is 3.04 bits per heavy atom. The number of carbonyl (C=O) groups excluding carboxylic acids is 1. The Balaban J connectivity index is 1.36. The number of hydrogen-bond donors (Lipinski definition) is 1. The van der Waals surface area contributed by atoms with Gasteiger partial charge >= 0.3 is 0 Å². The maximum Gasteiger partial charge on any atom is 0.279 e. The van der Waals surface area contributed by atoms with E-state index in [9.17, 15) is 4.79 Å². The van der Waals surface area contributed by atoms with E-state index in [2.05, 4.69) is 15.5 Å². The number of nitrogens with one attached hydrogen (secondary N) is 1. The average molecular weight is 412 g/mol. The predicted octanol–water partition coefficient (Wildman–Crippen LogP) is 5.18. The second kappa shape index (κ2) is 6.61. The molecule has 1 N–H and O–H groups in total. The van der Waals surface area contributed by atoms with E-state index in [1.54, 1.807) is 12.1 Å². The van der Waals surface area contributed by atoms with Gasteiger partial charge in [-0.05, 0) is 48.9 Å². The second-order valence-corrected chi connectivity index (χ2v) is 8.08. The molecule has 2 aromatic carbocycles. The lowest BCUT2D eigenvalue weighted by molar-refractivity contribution is 0.101. The van der Waals surface area contributed by atoms with E-state index in [0.717, 1.165) is 33.5 Å². The highest BCUT2D eigenvalue weighted by Gasteiger charge is 2.21. The van der Waals surface area contributed by atoms with E-state index >= 15 is 0 Å². The van der Waals surface area contributed by atoms with E-state index in [1.807, 2.05) is 37.3 Å². The van der Waals surface area contributed by atoms with Crippen LogP contribution in [0, 0.1) is 0 Å². The van der Waals surface area contributed by atoms with Crippen LogP contribution in [0.2, 0.25) is 5.02 Å². The summed E-state index contributed by atoms with van der Waals surface area (Å²) in [5, 5.41) is 7.78. The Morgan fingerprint density at radius 2 is 2.14 bits per heavy atom. The number of nitrogens with zero attached hydrogens (tertiary/aromatic N) is 2. The van der Waals surface area contributed by atoms with Crippen LogP contribution in [0.4, 0.5) is 5.13 Å². The van der Waals surface area contributed by atoms with Crippen LogP contribution in [0.25, 0.3) is 21.5 Å². The molecule has 8 heteroatoms. The second-order valence-electron chi connectivity index (χ2n) is 6.62. The number of hydrogen-bond acceptors (Lipinski definition) is 6. The summed E-state index contributed by atoms with van der Waals surface area (Å²) in [6.07, 6.45) is 1.02. The van der Waals surface area contributed by atoms with Crippen molar-refractivity contribution >= 4 is 44.2 Å². The zero-order chi connectivity index (χ0) is 19.3. The molecule has 0 bridgehead atoms. The fraction of sp³-hybridized carbons (Fsp3) is 0.150. The minimum absolute atomic E-state index is 0.171. The Kier molecular flexibility index (Phi) is 4.07. The molecule has 0 aliphatic carbocycles. The number of carbonyl (C=O) groups is 1. The average Bonchev–Trinajstić information content (AvgIpc) is 3.37. The van der Waals surface area contributed by atoms with Crippen molar-refractivity contribution < 1.29 is 14.1 Å². The molecule has 1 atom stereocenters. The molecular weight excluding hydrogens is 398 g/mol. The molecule has 1 amide bonds. The molecule has 2 aromatic heterocycles. The number of ether oxygens (including phenoxy) is 1. The number of thiazole rings is 1. The zero-order valence-electron chi connectivity index (χ0n) is 14.7. The summed E-state index contributed by atoms with van der Waals surface area (Å²) in [4.78, 5) is 16.9. The number of anilines is 1. The summed E-state index contributed by atoms with van der Waals surface area (Å²) in [6, 6.07) is 12.9. The van der Waals surface area contributed by atoms with Crippen molar-refractivity contribution in [2.24, 2.45) is 0 Å². The molecule has 140 valence electrons. The molecule has 6 nitrogen and oxygen atoms in total. The van der Waals surface area contributed by atoms with E-state index < -0.39 is 0 Å². The van der Waals surface area contributed by atoms with Gasteiger partial charge in [0.1, 0.15) is 11.9 Å². The highest BCUT2D eigenvalue weighted by Crippen LogP contribution is 2.33. The minimum atomic E-state index is -0.377. The first-order chi connectivity index (χ1) is 13.5. The third kappa shape index (κ3) is 3.12. The summed E-state index contributed by atoms with van der Waals surface area (Å²) < 4.78 is 12.0. The largest absolute Gasteiger partial charge is 0.490 e. The fourth-order valence-electron chi connectivity index (χ4n) is 3.21. The number of amides is 1. The van der Waals surface area contributed by atoms with Gasteiger partial charge in [-0.15, -0.1) is 0 Å². The van der Waals surface area contributed by atoms with E-state index in [0.29, 0.717) is 15.9 Å². The predicted molar refractivity (Wildman–Crippen MR) is 108 cm³/mol. The van der Waals surface area contributed by atoms with Crippen LogP contribution in [0.5, 0.6) is 5.75 Å². The van der Waals surface area contributed by atoms with Crippen LogP contribution in [0.1, 0.15) is 23.0 Å². The molecule has 0 fully saturated rings. The number of halogens is 1. The lowest BCUT2D eigenvalue weighted by Crippen LogP contribution is -2.11. The molecule has 0 saturated carbocycles. The molecule has 28 heavy (non-hydrogen) atoms. The molecule has 1 aliphatic rings. The Morgan fingerprint density at radius 1 is 1.25 bits per heavy atom. The number of fused-ring (bicyclic) bond motifs is 2. The highest BCUT2D eigenvalue weighted by molar-refractivity contribution is 7.22. The summed E-state index contributed by atoms with van der Waals surface area (Å²) in [5.41, 5.74) is 2.95. The molecule has 0 radical (unpaired) electrons. The van der Waals surface area contributed by atoms with Crippen molar-refractivity contribution in [3.8, 4) is 17.1 Å². The first-order valence-corrected chi connectivity index (χ1v) is 9.89. The smallest absolute Gasteiger partial charge is 0.279 e. The van der Waals surface area contributed by atoms with Crippen molar-refractivity contribution in [3.63, 3.8) is 0 Å². The van der Waals surface area contributed by atoms with Crippen molar-refractivity contribution in [1.29, 1.82) is 0 Å². The standard InChI is InChI=1S/C20H14ClN3O3S/c1-10-6-12-7-11(2-5-16(12)26-10)17-9-15(24-27-17)19(25)23-20-22-14-4-3-13(21)8-18(14)28-20/h2-5,7-10H,6H2,1H3,(H,22,23,25). The Bertz CT molecular complexity index is 1220. The minimum Gasteiger partial charge on any atom is -0.490 e. The van der Waals surface area contributed by atoms with Crippen LogP contribution in [-0.4, -0.2) is 22.2 Å².